The van der Waals surface area contributed by atoms with Crippen molar-refractivity contribution in [3.63, 3.8) is 0 Å². The van der Waals surface area contributed by atoms with Gasteiger partial charge in [-0.1, -0.05) is 0 Å². The minimum atomic E-state index is -1.64. The molecule has 0 amide bonds. The van der Waals surface area contributed by atoms with Crippen LogP contribution in [-0.4, -0.2) is 25.8 Å². The smallest absolute Gasteiger partial charge is 0.469 e. The Hall–Kier alpha value is -1.26. The predicted molar refractivity (Wildman–Crippen MR) is 28.7 cm³/mol. The van der Waals surface area contributed by atoms with Crippen LogP contribution in [0.4, 0.5) is 4.79 Å². The summed E-state index contributed by atoms with van der Waals surface area (Å²) in [5.41, 5.74) is 0. The van der Waals surface area contributed by atoms with Crippen molar-refractivity contribution in [2.75, 3.05) is 13.7 Å². The van der Waals surface area contributed by atoms with E-state index in [9.17, 15) is 14.7 Å². The molecule has 5 nitrogen and oxygen atoms in total. The normalized spacial score (nSPS) is 8.50. The van der Waals surface area contributed by atoms with E-state index in [-0.39, 0.29) is 13.0 Å². The van der Waals surface area contributed by atoms with Crippen LogP contribution < -0.4 is 0 Å². The Morgan fingerprint density at radius 1 is 1.40 bits per heavy atom. The maximum atomic E-state index is 10.3. The maximum absolute atomic E-state index is 10.3. The lowest BCUT2D eigenvalue weighted by molar-refractivity contribution is -0.141. The SMILES string of the molecule is COC(=O)CCOC([O])=O. The average Bonchev–Trinajstić information content (AvgIpc) is 1.87. The first-order valence-electron chi connectivity index (χ1n) is 2.57. The molecule has 0 aliphatic heterocycles. The van der Waals surface area contributed by atoms with Crippen molar-refractivity contribution in [2.24, 2.45) is 0 Å². The Labute approximate surface area is 57.5 Å². The Morgan fingerprint density at radius 2 is 2.00 bits per heavy atom. The lowest BCUT2D eigenvalue weighted by atomic mass is 10.5. The highest BCUT2D eigenvalue weighted by atomic mass is 16.7. The summed E-state index contributed by atoms with van der Waals surface area (Å²) >= 11 is 0. The molecule has 1 radical (unpaired) electrons. The molecule has 0 atom stereocenters. The van der Waals surface area contributed by atoms with Gasteiger partial charge in [-0.15, -0.1) is 0 Å². The Balaban J connectivity index is 3.20. The van der Waals surface area contributed by atoms with E-state index in [1.165, 1.54) is 7.11 Å². The lowest BCUT2D eigenvalue weighted by Crippen LogP contribution is -2.07. The van der Waals surface area contributed by atoms with Crippen LogP contribution in [-0.2, 0) is 19.4 Å². The summed E-state index contributed by atoms with van der Waals surface area (Å²) in [6.45, 7) is -0.213. The fourth-order valence-electron chi connectivity index (χ4n) is 0.320. The van der Waals surface area contributed by atoms with E-state index in [1.54, 1.807) is 0 Å². The standard InChI is InChI=1S/C5H7O5/c1-9-4(6)2-3-10-5(7)8/h2-3H2,1H3. The number of hydrogen-bond donors (Lipinski definition) is 0. The first-order chi connectivity index (χ1) is 4.66. The Morgan fingerprint density at radius 3 is 2.40 bits per heavy atom. The quantitative estimate of drug-likeness (QED) is 0.531. The van der Waals surface area contributed by atoms with Crippen molar-refractivity contribution < 1.29 is 24.2 Å². The summed E-state index contributed by atoms with van der Waals surface area (Å²) < 4.78 is 8.12. The molecule has 0 aromatic heterocycles. The van der Waals surface area contributed by atoms with E-state index in [2.05, 4.69) is 9.47 Å². The van der Waals surface area contributed by atoms with Crippen molar-refractivity contribution in [3.8, 4) is 0 Å². The van der Waals surface area contributed by atoms with Gasteiger partial charge in [0.15, 0.2) is 0 Å². The van der Waals surface area contributed by atoms with Gasteiger partial charge in [-0.3, -0.25) is 4.79 Å². The minimum absolute atomic E-state index is 0.0789. The zero-order chi connectivity index (χ0) is 7.98. The number of carbonyl (C=O) groups excluding carboxylic acids is 2. The van der Waals surface area contributed by atoms with Gasteiger partial charge in [0.25, 0.3) is 0 Å². The molecular formula is C5H7O5. The van der Waals surface area contributed by atoms with Gasteiger partial charge in [0.2, 0.25) is 0 Å². The minimum Gasteiger partial charge on any atom is -0.469 e. The zero-order valence-electron chi connectivity index (χ0n) is 5.46. The second-order valence-corrected chi connectivity index (χ2v) is 1.42. The highest BCUT2D eigenvalue weighted by Gasteiger charge is 2.03. The third-order valence-corrected chi connectivity index (χ3v) is 0.754. The van der Waals surface area contributed by atoms with E-state index in [0.29, 0.717) is 0 Å². The predicted octanol–water partition coefficient (Wildman–Crippen LogP) is 0.117. The lowest BCUT2D eigenvalue weighted by Gasteiger charge is -1.96. The van der Waals surface area contributed by atoms with E-state index < -0.39 is 12.1 Å². The molecule has 0 bridgehead atoms. The summed E-state index contributed by atoms with van der Waals surface area (Å²) in [6.07, 6.45) is -1.71. The molecule has 0 N–H and O–H groups in total. The second kappa shape index (κ2) is 4.60. The third kappa shape index (κ3) is 4.89. The van der Waals surface area contributed by atoms with Crippen LogP contribution in [0.2, 0.25) is 0 Å². The molecule has 0 heterocycles. The van der Waals surface area contributed by atoms with Crippen molar-refractivity contribution in [1.29, 1.82) is 0 Å². The van der Waals surface area contributed by atoms with Crippen molar-refractivity contribution in [1.82, 2.24) is 0 Å². The van der Waals surface area contributed by atoms with Gasteiger partial charge in [0, 0.05) is 0 Å². The topological polar surface area (TPSA) is 72.5 Å². The van der Waals surface area contributed by atoms with Gasteiger partial charge in [-0.2, -0.15) is 9.90 Å². The van der Waals surface area contributed by atoms with E-state index in [0.717, 1.165) is 0 Å². The molecule has 0 saturated carbocycles. The fourth-order valence-corrected chi connectivity index (χ4v) is 0.320. The third-order valence-electron chi connectivity index (χ3n) is 0.754. The highest BCUT2D eigenvalue weighted by molar-refractivity contribution is 5.69. The molecule has 0 unspecified atom stereocenters. The molecular weight excluding hydrogens is 140 g/mol. The van der Waals surface area contributed by atoms with Gasteiger partial charge in [-0.05, 0) is 0 Å². The molecule has 10 heavy (non-hydrogen) atoms. The van der Waals surface area contributed by atoms with Crippen molar-refractivity contribution >= 4 is 12.1 Å². The average molecular weight is 147 g/mol. The largest absolute Gasteiger partial charge is 0.550 e. The number of hydrogen-bond acceptors (Lipinski definition) is 4. The van der Waals surface area contributed by atoms with Gasteiger partial charge in [0.05, 0.1) is 13.5 Å². The Bertz CT molecular complexity index is 130. The summed E-state index contributed by atoms with van der Waals surface area (Å²) in [4.78, 5) is 19.9. The summed E-state index contributed by atoms with van der Waals surface area (Å²) in [5.74, 6) is -0.513. The van der Waals surface area contributed by atoms with Gasteiger partial charge in [-0.25, -0.2) is 0 Å². The molecule has 0 rings (SSSR count). The molecule has 0 aromatic carbocycles. The van der Waals surface area contributed by atoms with Gasteiger partial charge < -0.3 is 9.47 Å². The van der Waals surface area contributed by atoms with Crippen LogP contribution in [0.15, 0.2) is 0 Å². The number of ether oxygens (including phenoxy) is 2. The monoisotopic (exact) mass is 147 g/mol. The second-order valence-electron chi connectivity index (χ2n) is 1.42. The number of esters is 1. The van der Waals surface area contributed by atoms with E-state index >= 15 is 0 Å². The van der Waals surface area contributed by atoms with Crippen LogP contribution >= 0.6 is 0 Å². The molecule has 5 heteroatoms. The van der Waals surface area contributed by atoms with Gasteiger partial charge in [0.1, 0.15) is 6.61 Å². The summed E-state index contributed by atoms with van der Waals surface area (Å²) in [7, 11) is 1.21. The summed E-state index contributed by atoms with van der Waals surface area (Å²) in [6, 6.07) is 0. The first-order valence-corrected chi connectivity index (χ1v) is 2.57. The van der Waals surface area contributed by atoms with Crippen LogP contribution in [0.3, 0.4) is 0 Å². The highest BCUT2D eigenvalue weighted by Crippen LogP contribution is 1.86. The first kappa shape index (κ1) is 8.74. The molecule has 57 valence electrons. The molecule has 0 spiro atoms. The van der Waals surface area contributed by atoms with Gasteiger partial charge >= 0.3 is 12.1 Å². The van der Waals surface area contributed by atoms with E-state index in [1.807, 2.05) is 0 Å². The number of rotatable bonds is 3. The zero-order valence-corrected chi connectivity index (χ0v) is 5.46. The van der Waals surface area contributed by atoms with Crippen molar-refractivity contribution in [2.45, 2.75) is 6.42 Å². The fraction of sp³-hybridized carbons (Fsp3) is 0.600. The number of carbonyl (C=O) groups is 2. The summed E-state index contributed by atoms with van der Waals surface area (Å²) in [5, 5.41) is 9.58. The van der Waals surface area contributed by atoms with Crippen molar-refractivity contribution in [3.05, 3.63) is 0 Å². The molecule has 0 saturated heterocycles. The van der Waals surface area contributed by atoms with Crippen LogP contribution in [0.25, 0.3) is 0 Å². The maximum Gasteiger partial charge on any atom is 0.550 e. The molecule has 0 fully saturated rings. The van der Waals surface area contributed by atoms with Crippen LogP contribution in [0.1, 0.15) is 6.42 Å². The van der Waals surface area contributed by atoms with Crippen LogP contribution in [0.5, 0.6) is 0 Å². The Kier molecular flexibility index (Phi) is 4.02. The molecule has 0 aromatic rings. The van der Waals surface area contributed by atoms with Crippen LogP contribution in [0, 0.1) is 0 Å². The number of methoxy groups -OCH3 is 1. The molecule has 0 aliphatic carbocycles. The molecule has 0 aliphatic rings. The van der Waals surface area contributed by atoms with E-state index in [4.69, 9.17) is 0 Å².